The van der Waals surface area contributed by atoms with Crippen LogP contribution in [-0.2, 0) is 4.79 Å². The van der Waals surface area contributed by atoms with E-state index in [4.69, 9.17) is 11.6 Å². The first-order valence-corrected chi connectivity index (χ1v) is 3.70. The highest BCUT2D eigenvalue weighted by Gasteiger charge is 1.86. The molecule has 0 saturated heterocycles. The molecule has 0 amide bonds. The van der Waals surface area contributed by atoms with Gasteiger partial charge in [-0.3, -0.25) is 0 Å². The Hall–Kier alpha value is -1.37. The van der Waals surface area contributed by atoms with E-state index >= 15 is 0 Å². The molecule has 0 atom stereocenters. The Labute approximate surface area is 75.2 Å². The summed E-state index contributed by atoms with van der Waals surface area (Å²) in [5.74, 6) is 0. The summed E-state index contributed by atoms with van der Waals surface area (Å²) >= 11 is 5.72. The van der Waals surface area contributed by atoms with Gasteiger partial charge >= 0.3 is 0 Å². The maximum Gasteiger partial charge on any atom is 0.239 e. The molecule has 0 N–H and O–H groups in total. The molecule has 1 rings (SSSR count). The third kappa shape index (κ3) is 2.70. The van der Waals surface area contributed by atoms with Crippen molar-refractivity contribution in [2.75, 3.05) is 0 Å². The summed E-state index contributed by atoms with van der Waals surface area (Å²) in [4.78, 5) is 13.0. The van der Waals surface area contributed by atoms with Gasteiger partial charge in [-0.2, -0.15) is 4.99 Å². The van der Waals surface area contributed by atoms with E-state index in [1.54, 1.807) is 18.2 Å². The lowest BCUT2D eigenvalue weighted by atomic mass is 10.2. The van der Waals surface area contributed by atoms with Crippen LogP contribution in [-0.4, -0.2) is 6.08 Å². The predicted molar refractivity (Wildman–Crippen MR) is 48.6 cm³/mol. The summed E-state index contributed by atoms with van der Waals surface area (Å²) in [5.41, 5.74) is 0.904. The Bertz CT molecular complexity index is 340. The van der Waals surface area contributed by atoms with Crippen LogP contribution in [0.15, 0.2) is 35.5 Å². The summed E-state index contributed by atoms with van der Waals surface area (Å²) in [7, 11) is 0. The zero-order valence-corrected chi connectivity index (χ0v) is 6.95. The second kappa shape index (κ2) is 4.50. The van der Waals surface area contributed by atoms with Crippen molar-refractivity contribution in [1.82, 2.24) is 0 Å². The third-order valence-corrected chi connectivity index (χ3v) is 1.48. The smallest absolute Gasteiger partial charge is 0.211 e. The summed E-state index contributed by atoms with van der Waals surface area (Å²) in [6.45, 7) is 0. The summed E-state index contributed by atoms with van der Waals surface area (Å²) < 4.78 is 0. The summed E-state index contributed by atoms with van der Waals surface area (Å²) in [6.07, 6.45) is 4.46. The van der Waals surface area contributed by atoms with Gasteiger partial charge in [-0.05, 0) is 23.8 Å². The average molecular weight is 180 g/mol. The highest BCUT2D eigenvalue weighted by molar-refractivity contribution is 6.30. The van der Waals surface area contributed by atoms with E-state index < -0.39 is 0 Å². The van der Waals surface area contributed by atoms with Gasteiger partial charge in [-0.25, -0.2) is 4.79 Å². The van der Waals surface area contributed by atoms with Crippen molar-refractivity contribution in [2.24, 2.45) is 4.99 Å². The number of rotatable bonds is 2. The van der Waals surface area contributed by atoms with Gasteiger partial charge in [0.25, 0.3) is 0 Å². The van der Waals surface area contributed by atoms with Gasteiger partial charge in [0.15, 0.2) is 0 Å². The van der Waals surface area contributed by atoms with Crippen LogP contribution in [0.1, 0.15) is 5.56 Å². The molecule has 0 bridgehead atoms. The number of benzene rings is 1. The molecule has 0 unspecified atom stereocenters. The molecular weight excluding hydrogens is 174 g/mol. The molecule has 1 aromatic rings. The molecule has 0 radical (unpaired) electrons. The predicted octanol–water partition coefficient (Wildman–Crippen LogP) is 2.65. The van der Waals surface area contributed by atoms with Gasteiger partial charge in [-0.1, -0.05) is 23.7 Å². The molecule has 0 aliphatic heterocycles. The minimum atomic E-state index is 0.659. The fraction of sp³-hybridized carbons (Fsp3) is 0. The number of nitrogens with zero attached hydrogens (tertiary/aromatic N) is 1. The Kier molecular flexibility index (Phi) is 3.27. The summed E-state index contributed by atoms with van der Waals surface area (Å²) in [5, 5.41) is 0.659. The third-order valence-electron chi connectivity index (χ3n) is 1.24. The quantitative estimate of drug-likeness (QED) is 0.507. The van der Waals surface area contributed by atoms with Crippen molar-refractivity contribution in [3.05, 3.63) is 41.1 Å². The summed E-state index contributed by atoms with van der Waals surface area (Å²) in [6, 6.07) is 7.25. The van der Waals surface area contributed by atoms with Crippen molar-refractivity contribution in [3.8, 4) is 0 Å². The number of aliphatic imine (C=N–C) groups is 1. The second-order valence-corrected chi connectivity index (χ2v) is 2.53. The Balaban J connectivity index is 2.82. The van der Waals surface area contributed by atoms with Gasteiger partial charge in [0.1, 0.15) is 0 Å². The fourth-order valence-corrected chi connectivity index (χ4v) is 0.963. The first-order chi connectivity index (χ1) is 5.83. The Morgan fingerprint density at radius 3 is 3.00 bits per heavy atom. The molecule has 0 heterocycles. The van der Waals surface area contributed by atoms with Crippen molar-refractivity contribution >= 4 is 23.8 Å². The molecular formula is C9H6ClNO. The van der Waals surface area contributed by atoms with E-state index in [-0.39, 0.29) is 0 Å². The van der Waals surface area contributed by atoms with Gasteiger partial charge in [0.05, 0.1) is 0 Å². The van der Waals surface area contributed by atoms with Crippen LogP contribution in [0.4, 0.5) is 0 Å². The number of isocyanates is 1. The lowest BCUT2D eigenvalue weighted by Gasteiger charge is -1.91. The van der Waals surface area contributed by atoms with Crippen LogP contribution in [0, 0.1) is 0 Å². The highest BCUT2D eigenvalue weighted by Crippen LogP contribution is 2.11. The number of hydrogen-bond donors (Lipinski definition) is 0. The maximum atomic E-state index is 9.69. The monoisotopic (exact) mass is 179 g/mol. The lowest BCUT2D eigenvalue weighted by Crippen LogP contribution is -1.69. The Morgan fingerprint density at radius 2 is 2.33 bits per heavy atom. The van der Waals surface area contributed by atoms with Crippen molar-refractivity contribution < 1.29 is 4.79 Å². The van der Waals surface area contributed by atoms with Crippen LogP contribution in [0.5, 0.6) is 0 Å². The minimum absolute atomic E-state index is 0.659. The average Bonchev–Trinajstić information content (AvgIpc) is 2.05. The molecule has 12 heavy (non-hydrogen) atoms. The van der Waals surface area contributed by atoms with Crippen molar-refractivity contribution in [1.29, 1.82) is 0 Å². The molecule has 1 aromatic carbocycles. The lowest BCUT2D eigenvalue weighted by molar-refractivity contribution is 0.565. The normalized spacial score (nSPS) is 9.75. The van der Waals surface area contributed by atoms with E-state index in [9.17, 15) is 4.79 Å². The molecule has 3 heteroatoms. The number of hydrogen-bond acceptors (Lipinski definition) is 2. The van der Waals surface area contributed by atoms with Crippen LogP contribution in [0.3, 0.4) is 0 Å². The van der Waals surface area contributed by atoms with E-state index in [0.29, 0.717) is 5.02 Å². The van der Waals surface area contributed by atoms with E-state index in [2.05, 4.69) is 4.99 Å². The molecule has 0 spiro atoms. The zero-order chi connectivity index (χ0) is 8.81. The first kappa shape index (κ1) is 8.72. The van der Waals surface area contributed by atoms with Crippen molar-refractivity contribution in [3.63, 3.8) is 0 Å². The topological polar surface area (TPSA) is 29.4 Å². The molecule has 0 aromatic heterocycles. The largest absolute Gasteiger partial charge is 0.239 e. The molecule has 0 aliphatic carbocycles. The van der Waals surface area contributed by atoms with Crippen LogP contribution in [0.2, 0.25) is 5.02 Å². The second-order valence-electron chi connectivity index (χ2n) is 2.09. The molecule has 60 valence electrons. The Morgan fingerprint density at radius 1 is 1.50 bits per heavy atom. The SMILES string of the molecule is O=C=NC=Cc1cccc(Cl)c1. The minimum Gasteiger partial charge on any atom is -0.211 e. The van der Waals surface area contributed by atoms with Gasteiger partial charge in [0, 0.05) is 11.2 Å². The van der Waals surface area contributed by atoms with Gasteiger partial charge < -0.3 is 0 Å². The number of halogens is 1. The van der Waals surface area contributed by atoms with E-state index in [1.165, 1.54) is 12.3 Å². The van der Waals surface area contributed by atoms with Gasteiger partial charge in [-0.15, -0.1) is 0 Å². The fourth-order valence-electron chi connectivity index (χ4n) is 0.764. The first-order valence-electron chi connectivity index (χ1n) is 3.32. The van der Waals surface area contributed by atoms with Gasteiger partial charge in [0.2, 0.25) is 6.08 Å². The molecule has 0 fully saturated rings. The zero-order valence-electron chi connectivity index (χ0n) is 6.20. The van der Waals surface area contributed by atoms with Crippen LogP contribution >= 0.6 is 11.6 Å². The maximum absolute atomic E-state index is 9.69. The van der Waals surface area contributed by atoms with Crippen molar-refractivity contribution in [2.45, 2.75) is 0 Å². The van der Waals surface area contributed by atoms with Crippen LogP contribution in [0.25, 0.3) is 6.08 Å². The number of carbonyl (C=O) groups excluding carboxylic acids is 1. The molecule has 2 nitrogen and oxygen atoms in total. The van der Waals surface area contributed by atoms with E-state index in [0.717, 1.165) is 5.56 Å². The molecule has 0 saturated carbocycles. The van der Waals surface area contributed by atoms with Crippen LogP contribution < -0.4 is 0 Å². The molecule has 0 aliphatic rings. The standard InChI is InChI=1S/C9H6ClNO/c10-9-3-1-2-8(6-9)4-5-11-7-12/h1-6H. The highest BCUT2D eigenvalue weighted by atomic mass is 35.5. The van der Waals surface area contributed by atoms with E-state index in [1.807, 2.05) is 12.1 Å².